The lowest BCUT2D eigenvalue weighted by atomic mass is 10.1. The molecule has 8 heteroatoms. The highest BCUT2D eigenvalue weighted by atomic mass is 127. The van der Waals surface area contributed by atoms with Crippen LogP contribution in [-0.4, -0.2) is 47.0 Å². The van der Waals surface area contributed by atoms with Gasteiger partial charge >= 0.3 is 0 Å². The highest BCUT2D eigenvalue weighted by molar-refractivity contribution is 14.0. The van der Waals surface area contributed by atoms with E-state index in [-0.39, 0.29) is 24.0 Å². The van der Waals surface area contributed by atoms with E-state index in [0.29, 0.717) is 42.9 Å². The van der Waals surface area contributed by atoms with Gasteiger partial charge in [0.05, 0.1) is 34.4 Å². The summed E-state index contributed by atoms with van der Waals surface area (Å²) in [5, 5.41) is 6.51. The van der Waals surface area contributed by atoms with Crippen LogP contribution in [0, 0.1) is 6.92 Å². The maximum absolute atomic E-state index is 5.75. The van der Waals surface area contributed by atoms with Crippen molar-refractivity contribution >= 4 is 29.9 Å². The van der Waals surface area contributed by atoms with Crippen LogP contribution in [0.1, 0.15) is 18.1 Å². The van der Waals surface area contributed by atoms with Gasteiger partial charge < -0.3 is 29.6 Å². The number of ether oxygens (including phenoxy) is 4. The molecule has 0 aliphatic rings. The Balaban J connectivity index is 0.00000450. The summed E-state index contributed by atoms with van der Waals surface area (Å²) in [6, 6.07) is 11.7. The van der Waals surface area contributed by atoms with Crippen LogP contribution in [0.25, 0.3) is 0 Å². The van der Waals surface area contributed by atoms with Crippen LogP contribution in [0.15, 0.2) is 41.4 Å². The average molecular weight is 529 g/mol. The molecule has 0 aliphatic carbocycles. The third kappa shape index (κ3) is 7.81. The van der Waals surface area contributed by atoms with Crippen molar-refractivity contribution in [2.24, 2.45) is 4.99 Å². The maximum Gasteiger partial charge on any atom is 0.191 e. The van der Waals surface area contributed by atoms with Gasteiger partial charge in [0, 0.05) is 18.2 Å². The molecule has 30 heavy (non-hydrogen) atoms. The standard InChI is InChI=1S/C22H31N3O4.HI/c1-6-23-22(24-11-12-29-18-9-7-16(2)8-10-18)25-15-17-13-20(27-4)21(28-5)14-19(17)26-3;/h7-10,13-14H,6,11-12,15H2,1-5H3,(H2,23,24,25);1H. The molecule has 0 saturated heterocycles. The van der Waals surface area contributed by atoms with Crippen molar-refractivity contribution in [3.63, 3.8) is 0 Å². The van der Waals surface area contributed by atoms with Crippen LogP contribution < -0.4 is 29.6 Å². The topological polar surface area (TPSA) is 73.3 Å². The molecular weight excluding hydrogens is 497 g/mol. The molecule has 166 valence electrons. The first kappa shape index (κ1) is 25.7. The monoisotopic (exact) mass is 529 g/mol. The molecular formula is C22H32IN3O4. The molecule has 0 bridgehead atoms. The second-order valence-electron chi connectivity index (χ2n) is 6.30. The van der Waals surface area contributed by atoms with E-state index in [1.807, 2.05) is 37.3 Å². The lowest BCUT2D eigenvalue weighted by Crippen LogP contribution is -2.39. The highest BCUT2D eigenvalue weighted by Gasteiger charge is 2.11. The summed E-state index contributed by atoms with van der Waals surface area (Å²) >= 11 is 0. The van der Waals surface area contributed by atoms with E-state index in [4.69, 9.17) is 18.9 Å². The molecule has 2 aromatic rings. The first-order valence-electron chi connectivity index (χ1n) is 9.61. The Morgan fingerprint density at radius 1 is 0.900 bits per heavy atom. The van der Waals surface area contributed by atoms with E-state index >= 15 is 0 Å². The van der Waals surface area contributed by atoms with Gasteiger partial charge in [-0.3, -0.25) is 0 Å². The summed E-state index contributed by atoms with van der Waals surface area (Å²) in [6.07, 6.45) is 0. The molecule has 0 fully saturated rings. The summed E-state index contributed by atoms with van der Waals surface area (Å²) in [6.45, 7) is 6.43. The number of methoxy groups -OCH3 is 3. The van der Waals surface area contributed by atoms with Gasteiger partial charge in [-0.05, 0) is 32.0 Å². The molecule has 0 amide bonds. The Morgan fingerprint density at radius 2 is 1.53 bits per heavy atom. The predicted molar refractivity (Wildman–Crippen MR) is 131 cm³/mol. The minimum Gasteiger partial charge on any atom is -0.496 e. The molecule has 0 atom stereocenters. The fourth-order valence-electron chi connectivity index (χ4n) is 2.69. The minimum atomic E-state index is 0. The summed E-state index contributed by atoms with van der Waals surface area (Å²) in [5.74, 6) is 3.52. The van der Waals surface area contributed by atoms with Crippen LogP contribution in [0.5, 0.6) is 23.0 Å². The van der Waals surface area contributed by atoms with E-state index in [9.17, 15) is 0 Å². The van der Waals surface area contributed by atoms with Crippen molar-refractivity contribution in [3.05, 3.63) is 47.5 Å². The van der Waals surface area contributed by atoms with Crippen LogP contribution in [0.3, 0.4) is 0 Å². The van der Waals surface area contributed by atoms with Crippen LogP contribution in [-0.2, 0) is 6.54 Å². The van der Waals surface area contributed by atoms with Gasteiger partial charge in [-0.25, -0.2) is 4.99 Å². The number of rotatable bonds is 10. The molecule has 0 aliphatic heterocycles. The first-order chi connectivity index (χ1) is 14.1. The van der Waals surface area contributed by atoms with Gasteiger partial charge in [-0.1, -0.05) is 17.7 Å². The van der Waals surface area contributed by atoms with Gasteiger partial charge in [-0.2, -0.15) is 0 Å². The van der Waals surface area contributed by atoms with Crippen molar-refractivity contribution in [1.29, 1.82) is 0 Å². The molecule has 0 spiro atoms. The summed E-state index contributed by atoms with van der Waals surface area (Å²) < 4.78 is 21.9. The predicted octanol–water partition coefficient (Wildman–Crippen LogP) is 3.77. The average Bonchev–Trinajstić information content (AvgIpc) is 2.75. The van der Waals surface area contributed by atoms with E-state index < -0.39 is 0 Å². The molecule has 0 heterocycles. The Morgan fingerprint density at radius 3 is 2.13 bits per heavy atom. The zero-order chi connectivity index (χ0) is 21.1. The minimum absolute atomic E-state index is 0. The number of hydrogen-bond acceptors (Lipinski definition) is 5. The van der Waals surface area contributed by atoms with Gasteiger partial charge in [-0.15, -0.1) is 24.0 Å². The van der Waals surface area contributed by atoms with E-state index in [2.05, 4.69) is 22.5 Å². The molecule has 0 saturated carbocycles. The SMILES string of the molecule is CCNC(=NCc1cc(OC)c(OC)cc1OC)NCCOc1ccc(C)cc1.I. The van der Waals surface area contributed by atoms with Crippen molar-refractivity contribution in [2.75, 3.05) is 41.0 Å². The number of nitrogens with one attached hydrogen (secondary N) is 2. The largest absolute Gasteiger partial charge is 0.496 e. The molecule has 2 aromatic carbocycles. The molecule has 2 N–H and O–H groups in total. The van der Waals surface area contributed by atoms with E-state index in [0.717, 1.165) is 17.9 Å². The van der Waals surface area contributed by atoms with Crippen molar-refractivity contribution in [2.45, 2.75) is 20.4 Å². The van der Waals surface area contributed by atoms with Gasteiger partial charge in [0.25, 0.3) is 0 Å². The lowest BCUT2D eigenvalue weighted by Gasteiger charge is -2.15. The zero-order valence-corrected chi connectivity index (χ0v) is 20.6. The second kappa shape index (κ2) is 13.8. The lowest BCUT2D eigenvalue weighted by molar-refractivity contribution is 0.322. The van der Waals surface area contributed by atoms with Crippen LogP contribution in [0.2, 0.25) is 0 Å². The zero-order valence-electron chi connectivity index (χ0n) is 18.3. The molecule has 0 aromatic heterocycles. The Labute approximate surface area is 196 Å². The Bertz CT molecular complexity index is 798. The van der Waals surface area contributed by atoms with Gasteiger partial charge in [0.2, 0.25) is 0 Å². The molecule has 2 rings (SSSR count). The Kier molecular flexibility index (Phi) is 11.8. The van der Waals surface area contributed by atoms with E-state index in [1.165, 1.54) is 5.56 Å². The highest BCUT2D eigenvalue weighted by Crippen LogP contribution is 2.34. The number of nitrogens with zero attached hydrogens (tertiary/aromatic N) is 1. The number of halogens is 1. The summed E-state index contributed by atoms with van der Waals surface area (Å²) in [7, 11) is 4.83. The fourth-order valence-corrected chi connectivity index (χ4v) is 2.69. The van der Waals surface area contributed by atoms with Crippen LogP contribution >= 0.6 is 24.0 Å². The van der Waals surface area contributed by atoms with Crippen molar-refractivity contribution in [1.82, 2.24) is 10.6 Å². The Hall–Kier alpha value is -2.36. The maximum atomic E-state index is 5.75. The number of aryl methyl sites for hydroxylation is 1. The fraction of sp³-hybridized carbons (Fsp3) is 0.409. The number of hydrogen-bond donors (Lipinski definition) is 2. The van der Waals surface area contributed by atoms with Crippen molar-refractivity contribution in [3.8, 4) is 23.0 Å². The third-order valence-corrected chi connectivity index (χ3v) is 4.22. The molecule has 0 radical (unpaired) electrons. The summed E-state index contributed by atoms with van der Waals surface area (Å²) in [4.78, 5) is 4.64. The normalized spacial score (nSPS) is 10.6. The smallest absolute Gasteiger partial charge is 0.191 e. The first-order valence-corrected chi connectivity index (χ1v) is 9.61. The summed E-state index contributed by atoms with van der Waals surface area (Å²) in [5.41, 5.74) is 2.11. The number of benzene rings is 2. The number of guanidine groups is 1. The second-order valence-corrected chi connectivity index (χ2v) is 6.30. The number of aliphatic imine (C=N–C) groups is 1. The molecule has 0 unspecified atom stereocenters. The van der Waals surface area contributed by atoms with E-state index in [1.54, 1.807) is 27.4 Å². The van der Waals surface area contributed by atoms with Crippen molar-refractivity contribution < 1.29 is 18.9 Å². The quantitative estimate of drug-likeness (QED) is 0.211. The van der Waals surface area contributed by atoms with Gasteiger partial charge in [0.1, 0.15) is 18.1 Å². The third-order valence-electron chi connectivity index (χ3n) is 4.22. The molecule has 7 nitrogen and oxygen atoms in total. The van der Waals surface area contributed by atoms with Gasteiger partial charge in [0.15, 0.2) is 17.5 Å². The van der Waals surface area contributed by atoms with Crippen LogP contribution in [0.4, 0.5) is 0 Å².